The molecule has 112 valence electrons. The standard InChI is InChI=1S/C11H8BrF3N4OS/c12-6-1-4-21-8(6)9(20)18-2-3-19-7(5-18)16-17-10(19)11(13,14)15/h1,4H,2-3,5H2. The van der Waals surface area contributed by atoms with Gasteiger partial charge in [-0.15, -0.1) is 21.5 Å². The van der Waals surface area contributed by atoms with Crippen LogP contribution in [-0.2, 0) is 19.3 Å². The number of alkyl halides is 3. The van der Waals surface area contributed by atoms with Crippen LogP contribution in [0.25, 0.3) is 0 Å². The van der Waals surface area contributed by atoms with Gasteiger partial charge in [-0.05, 0) is 27.4 Å². The molecule has 0 bridgehead atoms. The van der Waals surface area contributed by atoms with Crippen molar-refractivity contribution in [2.45, 2.75) is 19.3 Å². The fourth-order valence-corrected chi connectivity index (χ4v) is 3.64. The second-order valence-electron chi connectivity index (χ2n) is 4.41. The SMILES string of the molecule is O=C(c1sccc1Br)N1CCn2c(nnc2C(F)(F)F)C1. The van der Waals surface area contributed by atoms with E-state index in [2.05, 4.69) is 26.1 Å². The lowest BCUT2D eigenvalue weighted by molar-refractivity contribution is -0.147. The molecular formula is C11H8BrF3N4OS. The van der Waals surface area contributed by atoms with Crippen molar-refractivity contribution in [2.24, 2.45) is 0 Å². The summed E-state index contributed by atoms with van der Waals surface area (Å²) in [7, 11) is 0. The molecule has 10 heteroatoms. The smallest absolute Gasteiger partial charge is 0.329 e. The molecule has 1 aliphatic rings. The molecule has 2 aromatic heterocycles. The predicted octanol–water partition coefficient (Wildman–Crippen LogP) is 2.78. The minimum Gasteiger partial charge on any atom is -0.329 e. The topological polar surface area (TPSA) is 51.0 Å². The third-order valence-electron chi connectivity index (χ3n) is 3.11. The van der Waals surface area contributed by atoms with E-state index in [-0.39, 0.29) is 31.4 Å². The number of thiophene rings is 1. The molecule has 2 aromatic rings. The maximum atomic E-state index is 12.7. The number of aromatic nitrogens is 3. The van der Waals surface area contributed by atoms with Gasteiger partial charge in [0.15, 0.2) is 5.82 Å². The molecule has 0 fully saturated rings. The highest BCUT2D eigenvalue weighted by atomic mass is 79.9. The number of carbonyl (C=O) groups excluding carboxylic acids is 1. The van der Waals surface area contributed by atoms with E-state index in [0.29, 0.717) is 9.35 Å². The van der Waals surface area contributed by atoms with Crippen molar-refractivity contribution in [3.8, 4) is 0 Å². The lowest BCUT2D eigenvalue weighted by Crippen LogP contribution is -2.39. The van der Waals surface area contributed by atoms with Gasteiger partial charge < -0.3 is 9.47 Å². The quantitative estimate of drug-likeness (QED) is 0.764. The van der Waals surface area contributed by atoms with Crippen molar-refractivity contribution in [3.05, 3.63) is 32.4 Å². The number of rotatable bonds is 1. The van der Waals surface area contributed by atoms with Crippen LogP contribution in [0.5, 0.6) is 0 Å². The Morgan fingerprint density at radius 2 is 2.10 bits per heavy atom. The summed E-state index contributed by atoms with van der Waals surface area (Å²) in [4.78, 5) is 14.3. The minimum atomic E-state index is -4.53. The molecule has 1 aliphatic heterocycles. The van der Waals surface area contributed by atoms with Gasteiger partial charge in [-0.1, -0.05) is 0 Å². The molecule has 0 aliphatic carbocycles. The number of hydrogen-bond donors (Lipinski definition) is 0. The Hall–Kier alpha value is -1.42. The van der Waals surface area contributed by atoms with E-state index in [0.717, 1.165) is 4.57 Å². The predicted molar refractivity (Wildman–Crippen MR) is 71.8 cm³/mol. The molecule has 3 heterocycles. The van der Waals surface area contributed by atoms with Crippen molar-refractivity contribution in [2.75, 3.05) is 6.54 Å². The van der Waals surface area contributed by atoms with Crippen LogP contribution in [0, 0.1) is 0 Å². The first-order chi connectivity index (χ1) is 9.88. The minimum absolute atomic E-state index is 0.0201. The zero-order valence-corrected chi connectivity index (χ0v) is 12.8. The summed E-state index contributed by atoms with van der Waals surface area (Å²) < 4.78 is 39.9. The van der Waals surface area contributed by atoms with Gasteiger partial charge in [-0.25, -0.2) is 0 Å². The number of fused-ring (bicyclic) bond motifs is 1. The van der Waals surface area contributed by atoms with Crippen molar-refractivity contribution in [1.82, 2.24) is 19.7 Å². The van der Waals surface area contributed by atoms with Crippen molar-refractivity contribution in [1.29, 1.82) is 0 Å². The van der Waals surface area contributed by atoms with E-state index in [1.165, 1.54) is 16.2 Å². The highest BCUT2D eigenvalue weighted by molar-refractivity contribution is 9.10. The number of amides is 1. The fraction of sp³-hybridized carbons (Fsp3) is 0.364. The number of carbonyl (C=O) groups is 1. The fourth-order valence-electron chi connectivity index (χ4n) is 2.13. The molecule has 3 rings (SSSR count). The second kappa shape index (κ2) is 5.09. The van der Waals surface area contributed by atoms with E-state index in [1.807, 2.05) is 0 Å². The first-order valence-electron chi connectivity index (χ1n) is 5.89. The average molecular weight is 381 g/mol. The Bertz CT molecular complexity index is 696. The van der Waals surface area contributed by atoms with Gasteiger partial charge in [0.05, 0.1) is 6.54 Å². The molecule has 0 unspecified atom stereocenters. The Kier molecular flexibility index (Phi) is 3.52. The molecular weight excluding hydrogens is 373 g/mol. The lowest BCUT2D eigenvalue weighted by Gasteiger charge is -2.27. The highest BCUT2D eigenvalue weighted by Crippen LogP contribution is 2.30. The first kappa shape index (κ1) is 14.5. The summed E-state index contributed by atoms with van der Waals surface area (Å²) in [6, 6.07) is 1.76. The highest BCUT2D eigenvalue weighted by Gasteiger charge is 2.40. The van der Waals surface area contributed by atoms with Gasteiger partial charge in [0.1, 0.15) is 4.88 Å². The van der Waals surface area contributed by atoms with Crippen molar-refractivity contribution >= 4 is 33.2 Å². The zero-order chi connectivity index (χ0) is 15.2. The zero-order valence-electron chi connectivity index (χ0n) is 10.4. The number of hydrogen-bond acceptors (Lipinski definition) is 4. The molecule has 0 saturated carbocycles. The summed E-state index contributed by atoms with van der Waals surface area (Å²) in [6.45, 7) is 0.245. The monoisotopic (exact) mass is 380 g/mol. The van der Waals surface area contributed by atoms with Gasteiger partial charge in [-0.3, -0.25) is 4.79 Å². The summed E-state index contributed by atoms with van der Waals surface area (Å²) in [6.07, 6.45) is -4.53. The van der Waals surface area contributed by atoms with Crippen LogP contribution in [-0.4, -0.2) is 32.1 Å². The maximum Gasteiger partial charge on any atom is 0.451 e. The molecule has 0 spiro atoms. The van der Waals surface area contributed by atoms with Crippen molar-refractivity contribution in [3.63, 3.8) is 0 Å². The largest absolute Gasteiger partial charge is 0.451 e. The third-order valence-corrected chi connectivity index (χ3v) is 4.93. The molecule has 5 nitrogen and oxygen atoms in total. The van der Waals surface area contributed by atoms with E-state index in [1.54, 1.807) is 11.4 Å². The Morgan fingerprint density at radius 3 is 2.71 bits per heavy atom. The lowest BCUT2D eigenvalue weighted by atomic mass is 10.3. The normalized spacial score (nSPS) is 15.1. The van der Waals surface area contributed by atoms with Crippen LogP contribution in [0.4, 0.5) is 13.2 Å². The van der Waals surface area contributed by atoms with E-state index in [9.17, 15) is 18.0 Å². The van der Waals surface area contributed by atoms with Gasteiger partial charge in [0, 0.05) is 17.6 Å². The van der Waals surface area contributed by atoms with Crippen LogP contribution in [0.15, 0.2) is 15.9 Å². The molecule has 0 N–H and O–H groups in total. The van der Waals surface area contributed by atoms with Crippen LogP contribution in [0.3, 0.4) is 0 Å². The molecule has 0 atom stereocenters. The maximum absolute atomic E-state index is 12.7. The molecule has 0 radical (unpaired) electrons. The Labute approximate surface area is 129 Å². The van der Waals surface area contributed by atoms with Crippen LogP contribution >= 0.6 is 27.3 Å². The third kappa shape index (κ3) is 2.57. The van der Waals surface area contributed by atoms with Gasteiger partial charge >= 0.3 is 6.18 Å². The van der Waals surface area contributed by atoms with Crippen LogP contribution in [0.2, 0.25) is 0 Å². The van der Waals surface area contributed by atoms with Gasteiger partial charge in [0.25, 0.3) is 5.91 Å². The van der Waals surface area contributed by atoms with E-state index < -0.39 is 12.0 Å². The average Bonchev–Trinajstić information content (AvgIpc) is 3.02. The summed E-state index contributed by atoms with van der Waals surface area (Å²) in [5.74, 6) is -1.09. The summed E-state index contributed by atoms with van der Waals surface area (Å²) in [5.41, 5.74) is 0. The van der Waals surface area contributed by atoms with Crippen LogP contribution in [0.1, 0.15) is 21.3 Å². The molecule has 21 heavy (non-hydrogen) atoms. The molecule has 0 aromatic carbocycles. The van der Waals surface area contributed by atoms with Gasteiger partial charge in [0.2, 0.25) is 5.82 Å². The molecule has 1 amide bonds. The van der Waals surface area contributed by atoms with Crippen LogP contribution < -0.4 is 0 Å². The summed E-state index contributed by atoms with van der Waals surface area (Å²) >= 11 is 4.56. The van der Waals surface area contributed by atoms with E-state index in [4.69, 9.17) is 0 Å². The van der Waals surface area contributed by atoms with E-state index >= 15 is 0 Å². The molecule has 0 saturated heterocycles. The van der Waals surface area contributed by atoms with Gasteiger partial charge in [-0.2, -0.15) is 13.2 Å². The Balaban J connectivity index is 1.84. The van der Waals surface area contributed by atoms with Crippen molar-refractivity contribution < 1.29 is 18.0 Å². The number of nitrogens with zero attached hydrogens (tertiary/aromatic N) is 4. The Morgan fingerprint density at radius 1 is 1.33 bits per heavy atom. The first-order valence-corrected chi connectivity index (χ1v) is 7.56. The summed E-state index contributed by atoms with van der Waals surface area (Å²) in [5, 5.41) is 8.51. The second-order valence-corrected chi connectivity index (χ2v) is 6.18. The number of halogens is 4.